The van der Waals surface area contributed by atoms with Gasteiger partial charge in [-0.05, 0) is 109 Å². The van der Waals surface area contributed by atoms with Gasteiger partial charge in [0.2, 0.25) is 0 Å². The molecular formula is C57H104O6. The highest BCUT2D eigenvalue weighted by Gasteiger charge is 2.17. The van der Waals surface area contributed by atoms with Gasteiger partial charge in [-0.1, -0.05) is 192 Å². The highest BCUT2D eigenvalue weighted by molar-refractivity contribution is 5.80. The molecule has 0 aromatic heterocycles. The van der Waals surface area contributed by atoms with Crippen molar-refractivity contribution in [3.8, 4) is 0 Å². The van der Waals surface area contributed by atoms with Crippen molar-refractivity contribution < 1.29 is 29.0 Å². The van der Waals surface area contributed by atoms with E-state index in [4.69, 9.17) is 9.47 Å². The fourth-order valence-electron chi connectivity index (χ4n) is 8.24. The van der Waals surface area contributed by atoms with Gasteiger partial charge in [-0.3, -0.25) is 14.4 Å². The van der Waals surface area contributed by atoms with Crippen molar-refractivity contribution >= 4 is 17.7 Å². The fourth-order valence-corrected chi connectivity index (χ4v) is 8.24. The van der Waals surface area contributed by atoms with Crippen molar-refractivity contribution in [3.05, 3.63) is 36.5 Å². The Morgan fingerprint density at radius 3 is 1.14 bits per heavy atom. The van der Waals surface area contributed by atoms with Crippen molar-refractivity contribution in [2.75, 3.05) is 13.2 Å². The lowest BCUT2D eigenvalue weighted by atomic mass is 9.89. The highest BCUT2D eigenvalue weighted by Crippen LogP contribution is 2.21. The molecule has 63 heavy (non-hydrogen) atoms. The van der Waals surface area contributed by atoms with E-state index in [-0.39, 0.29) is 31.1 Å². The molecule has 0 aliphatic rings. The first-order chi connectivity index (χ1) is 31.0. The lowest BCUT2D eigenvalue weighted by Crippen LogP contribution is -2.28. The number of unbranched alkanes of at least 4 members (excludes halogenated alkanes) is 29. The molecule has 0 radical (unpaired) electrons. The van der Waals surface area contributed by atoms with Crippen molar-refractivity contribution in [1.82, 2.24) is 0 Å². The Morgan fingerprint density at radius 1 is 0.397 bits per heavy atom. The first kappa shape index (κ1) is 60.8. The average Bonchev–Trinajstić information content (AvgIpc) is 3.28. The first-order valence-electron chi connectivity index (χ1n) is 27.4. The summed E-state index contributed by atoms with van der Waals surface area (Å²) in [7, 11) is 0. The summed E-state index contributed by atoms with van der Waals surface area (Å²) in [5.41, 5.74) is 0. The molecule has 1 N–H and O–H groups in total. The summed E-state index contributed by atoms with van der Waals surface area (Å²) in [5, 5.41) is 9.64. The highest BCUT2D eigenvalue weighted by atomic mass is 16.6. The Hall–Kier alpha value is -2.21. The van der Waals surface area contributed by atoms with Crippen molar-refractivity contribution in [1.29, 1.82) is 0 Å². The molecule has 0 aromatic carbocycles. The van der Waals surface area contributed by atoms with Crippen LogP contribution in [0.5, 0.6) is 0 Å². The minimum Gasteiger partial charge on any atom is -0.462 e. The van der Waals surface area contributed by atoms with Crippen LogP contribution in [0.4, 0.5) is 0 Å². The molecule has 0 rings (SSSR count). The molecule has 0 amide bonds. The molecular weight excluding hydrogens is 781 g/mol. The number of aliphatic hydroxyl groups excluding tert-OH is 1. The normalized spacial score (nSPS) is 12.8. The maximum absolute atomic E-state index is 13.1. The Kier molecular flexibility index (Phi) is 49.0. The zero-order valence-corrected chi connectivity index (χ0v) is 42.0. The van der Waals surface area contributed by atoms with Crippen LogP contribution in [0.2, 0.25) is 0 Å². The van der Waals surface area contributed by atoms with Gasteiger partial charge in [-0.15, -0.1) is 0 Å². The smallest absolute Gasteiger partial charge is 0.306 e. The van der Waals surface area contributed by atoms with Crippen LogP contribution in [0, 0.1) is 5.92 Å². The number of ether oxygens (including phenoxy) is 2. The summed E-state index contributed by atoms with van der Waals surface area (Å²) in [5.74, 6) is 0.122. The van der Waals surface area contributed by atoms with E-state index in [0.29, 0.717) is 18.6 Å². The lowest BCUT2D eigenvalue weighted by Gasteiger charge is -2.15. The number of ketones is 1. The van der Waals surface area contributed by atoms with Gasteiger partial charge in [-0.2, -0.15) is 0 Å². The topological polar surface area (TPSA) is 89.9 Å². The van der Waals surface area contributed by atoms with E-state index < -0.39 is 6.10 Å². The molecule has 0 aliphatic heterocycles. The predicted molar refractivity (Wildman–Crippen MR) is 270 cm³/mol. The zero-order chi connectivity index (χ0) is 45.9. The Bertz CT molecular complexity index is 1080. The summed E-state index contributed by atoms with van der Waals surface area (Å²) >= 11 is 0. The van der Waals surface area contributed by atoms with Crippen LogP contribution in [0.1, 0.15) is 284 Å². The van der Waals surface area contributed by atoms with Gasteiger partial charge >= 0.3 is 11.9 Å². The van der Waals surface area contributed by atoms with E-state index in [1.165, 1.54) is 135 Å². The molecule has 0 aliphatic carbocycles. The number of aliphatic hydroxyl groups is 1. The van der Waals surface area contributed by atoms with Crippen molar-refractivity contribution in [2.24, 2.45) is 5.92 Å². The molecule has 0 saturated carbocycles. The Labute approximate surface area is 391 Å². The van der Waals surface area contributed by atoms with Crippen LogP contribution in [0.25, 0.3) is 0 Å². The van der Waals surface area contributed by atoms with Crippen LogP contribution < -0.4 is 0 Å². The molecule has 2 unspecified atom stereocenters. The van der Waals surface area contributed by atoms with Gasteiger partial charge in [0.25, 0.3) is 0 Å². The predicted octanol–water partition coefficient (Wildman–Crippen LogP) is 17.3. The van der Waals surface area contributed by atoms with E-state index in [9.17, 15) is 19.5 Å². The molecule has 0 fully saturated rings. The van der Waals surface area contributed by atoms with Gasteiger partial charge in [0, 0.05) is 25.2 Å². The number of carbonyl (C=O) groups is 3. The second-order valence-corrected chi connectivity index (χ2v) is 18.7. The largest absolute Gasteiger partial charge is 0.462 e. The monoisotopic (exact) mass is 885 g/mol. The molecule has 6 nitrogen and oxygen atoms in total. The molecule has 0 heterocycles. The number of carbonyl (C=O) groups excluding carboxylic acids is 3. The number of hydrogen-bond donors (Lipinski definition) is 1. The Balaban J connectivity index is 3.82. The van der Waals surface area contributed by atoms with Gasteiger partial charge in [-0.25, -0.2) is 0 Å². The standard InChI is InChI=1S/C57H104O6/c1-4-7-10-12-14-16-18-20-22-24-26-31-35-39-43-48-55(59)53(46-9-6-3)47-42-38-34-30-28-29-32-36-40-44-49-56(60)62-52-54(51-58)63-57(61)50-45-41-37-33-27-25-23-21-19-17-15-13-11-8-5-2/h20-23,30,34,53-54,58H,4-19,24-29,31-33,35-52H2,1-3H3. The maximum Gasteiger partial charge on any atom is 0.306 e. The molecule has 0 bridgehead atoms. The minimum absolute atomic E-state index is 0.0898. The number of esters is 2. The van der Waals surface area contributed by atoms with Crippen molar-refractivity contribution in [2.45, 2.75) is 290 Å². The molecule has 368 valence electrons. The lowest BCUT2D eigenvalue weighted by molar-refractivity contribution is -0.161. The maximum atomic E-state index is 13.1. The molecule has 0 saturated heterocycles. The molecule has 0 aromatic rings. The second kappa shape index (κ2) is 50.8. The van der Waals surface area contributed by atoms with Gasteiger partial charge in [0.1, 0.15) is 12.4 Å². The second-order valence-electron chi connectivity index (χ2n) is 18.7. The summed E-state index contributed by atoms with van der Waals surface area (Å²) in [6.45, 7) is 6.32. The molecule has 6 heteroatoms. The van der Waals surface area contributed by atoms with E-state index >= 15 is 0 Å². The molecule has 2 atom stereocenters. The summed E-state index contributed by atoms with van der Waals surface area (Å²) in [6.07, 6.45) is 59.9. The number of hydrogen-bond acceptors (Lipinski definition) is 6. The minimum atomic E-state index is -0.797. The van der Waals surface area contributed by atoms with Crippen LogP contribution in [0.15, 0.2) is 36.5 Å². The van der Waals surface area contributed by atoms with Crippen LogP contribution in [0.3, 0.4) is 0 Å². The van der Waals surface area contributed by atoms with Gasteiger partial charge in [0.15, 0.2) is 6.10 Å². The van der Waals surface area contributed by atoms with Gasteiger partial charge in [0.05, 0.1) is 6.61 Å². The quantitative estimate of drug-likeness (QED) is 0.0372. The Morgan fingerprint density at radius 2 is 0.730 bits per heavy atom. The summed E-state index contributed by atoms with van der Waals surface area (Å²) in [6, 6.07) is 0. The van der Waals surface area contributed by atoms with Crippen LogP contribution in [-0.2, 0) is 23.9 Å². The zero-order valence-electron chi connectivity index (χ0n) is 42.0. The van der Waals surface area contributed by atoms with Crippen LogP contribution in [-0.4, -0.2) is 42.1 Å². The fraction of sp³-hybridized carbons (Fsp3) is 0.842. The first-order valence-corrected chi connectivity index (χ1v) is 27.4. The summed E-state index contributed by atoms with van der Waals surface area (Å²) < 4.78 is 10.7. The van der Waals surface area contributed by atoms with Crippen LogP contribution >= 0.6 is 0 Å². The number of Topliss-reactive ketones (excluding diaryl/α,β-unsaturated/α-hetero) is 1. The van der Waals surface area contributed by atoms with E-state index in [0.717, 1.165) is 116 Å². The average molecular weight is 885 g/mol. The number of allylic oxidation sites excluding steroid dienone is 6. The molecule has 0 spiro atoms. The van der Waals surface area contributed by atoms with E-state index in [1.54, 1.807) is 0 Å². The number of rotatable bonds is 50. The SMILES string of the molecule is CCCCCCCCC=CCCCCCCCC(=O)OC(CO)COC(=O)CCCCCCCC=CCCCC(CCCC)C(=O)CCCCCCCC=CCCCCCCCC. The summed E-state index contributed by atoms with van der Waals surface area (Å²) in [4.78, 5) is 37.6. The third kappa shape index (κ3) is 46.1. The van der Waals surface area contributed by atoms with E-state index in [2.05, 4.69) is 57.2 Å². The van der Waals surface area contributed by atoms with Gasteiger partial charge < -0.3 is 14.6 Å². The van der Waals surface area contributed by atoms with E-state index in [1.807, 2.05) is 0 Å². The third-order valence-corrected chi connectivity index (χ3v) is 12.5. The van der Waals surface area contributed by atoms with Crippen molar-refractivity contribution in [3.63, 3.8) is 0 Å². The third-order valence-electron chi connectivity index (χ3n) is 12.5.